The topological polar surface area (TPSA) is 108 Å². The van der Waals surface area contributed by atoms with E-state index in [0.29, 0.717) is 0 Å². The molecule has 0 radical (unpaired) electrons. The molecule has 20 heavy (non-hydrogen) atoms. The summed E-state index contributed by atoms with van der Waals surface area (Å²) < 4.78 is 29.4. The number of nitrogens with zero attached hydrogens (tertiary/aromatic N) is 2. The SMILES string of the molecule is CC(C(=O)O)N(C)C(=O)c1coc(S(=O)(=O)N(C)C)c1. The van der Waals surface area contributed by atoms with Gasteiger partial charge in [-0.15, -0.1) is 0 Å². The van der Waals surface area contributed by atoms with E-state index in [0.717, 1.165) is 21.5 Å². The van der Waals surface area contributed by atoms with Gasteiger partial charge in [0.05, 0.1) is 5.56 Å². The molecular formula is C11H16N2O6S. The van der Waals surface area contributed by atoms with Gasteiger partial charge in [0.25, 0.3) is 15.9 Å². The Bertz CT molecular complexity index is 619. The normalized spacial score (nSPS) is 13.2. The van der Waals surface area contributed by atoms with Crippen LogP contribution in [-0.4, -0.2) is 61.8 Å². The number of carbonyl (C=O) groups is 2. The van der Waals surface area contributed by atoms with Crippen LogP contribution in [0.1, 0.15) is 17.3 Å². The molecule has 1 rings (SSSR count). The van der Waals surface area contributed by atoms with Gasteiger partial charge in [-0.3, -0.25) is 4.79 Å². The van der Waals surface area contributed by atoms with E-state index < -0.39 is 27.9 Å². The molecule has 1 aromatic rings. The lowest BCUT2D eigenvalue weighted by atomic mass is 10.2. The third-order valence-corrected chi connectivity index (χ3v) is 4.50. The fourth-order valence-corrected chi connectivity index (χ4v) is 2.09. The highest BCUT2D eigenvalue weighted by molar-refractivity contribution is 7.88. The van der Waals surface area contributed by atoms with Gasteiger partial charge in [-0.25, -0.2) is 17.5 Å². The zero-order valence-electron chi connectivity index (χ0n) is 11.5. The molecule has 0 saturated carbocycles. The molecule has 0 aliphatic carbocycles. The highest BCUT2D eigenvalue weighted by Crippen LogP contribution is 2.18. The predicted octanol–water partition coefficient (Wildman–Crippen LogP) is 0.0750. The number of sulfonamides is 1. The lowest BCUT2D eigenvalue weighted by Crippen LogP contribution is -2.40. The van der Waals surface area contributed by atoms with Crippen molar-refractivity contribution in [3.8, 4) is 0 Å². The molecular weight excluding hydrogens is 288 g/mol. The van der Waals surface area contributed by atoms with Gasteiger partial charge in [0.1, 0.15) is 12.3 Å². The largest absolute Gasteiger partial charge is 0.480 e. The quantitative estimate of drug-likeness (QED) is 0.825. The Morgan fingerprint density at radius 2 is 1.85 bits per heavy atom. The average molecular weight is 304 g/mol. The maximum absolute atomic E-state index is 12.0. The average Bonchev–Trinajstić information content (AvgIpc) is 2.85. The highest BCUT2D eigenvalue weighted by atomic mass is 32.2. The van der Waals surface area contributed by atoms with E-state index in [1.54, 1.807) is 0 Å². The first-order valence-electron chi connectivity index (χ1n) is 5.60. The molecule has 1 amide bonds. The molecule has 0 aliphatic heterocycles. The van der Waals surface area contributed by atoms with Crippen LogP contribution in [0.5, 0.6) is 0 Å². The second-order valence-corrected chi connectivity index (χ2v) is 6.45. The maximum Gasteiger partial charge on any atom is 0.326 e. The van der Waals surface area contributed by atoms with Crippen LogP contribution in [-0.2, 0) is 14.8 Å². The maximum atomic E-state index is 12.0. The number of carboxylic acid groups (broad SMARTS) is 1. The van der Waals surface area contributed by atoms with Crippen molar-refractivity contribution >= 4 is 21.9 Å². The number of rotatable bonds is 5. The Morgan fingerprint density at radius 1 is 1.30 bits per heavy atom. The molecule has 112 valence electrons. The van der Waals surface area contributed by atoms with Crippen LogP contribution < -0.4 is 0 Å². The van der Waals surface area contributed by atoms with E-state index in [1.807, 2.05) is 0 Å². The van der Waals surface area contributed by atoms with Crippen LogP contribution >= 0.6 is 0 Å². The Hall–Kier alpha value is -1.87. The van der Waals surface area contributed by atoms with Crippen molar-refractivity contribution in [2.45, 2.75) is 18.1 Å². The highest BCUT2D eigenvalue weighted by Gasteiger charge is 2.27. The standard InChI is InChI=1S/C11H16N2O6S/c1-7(11(15)16)13(4)10(14)8-5-9(19-6-8)20(17,18)12(2)3/h5-7H,1-4H3,(H,15,16). The molecule has 0 saturated heterocycles. The number of carbonyl (C=O) groups excluding carboxylic acids is 1. The van der Waals surface area contributed by atoms with Gasteiger partial charge in [-0.05, 0) is 6.92 Å². The number of aliphatic carboxylic acids is 1. The van der Waals surface area contributed by atoms with Crippen LogP contribution in [0, 0.1) is 0 Å². The first-order chi connectivity index (χ1) is 9.09. The monoisotopic (exact) mass is 304 g/mol. The predicted molar refractivity (Wildman–Crippen MR) is 68.8 cm³/mol. The van der Waals surface area contributed by atoms with Crippen LogP contribution in [0.3, 0.4) is 0 Å². The first-order valence-corrected chi connectivity index (χ1v) is 7.04. The van der Waals surface area contributed by atoms with Crippen molar-refractivity contribution in [1.29, 1.82) is 0 Å². The molecule has 0 bridgehead atoms. The van der Waals surface area contributed by atoms with E-state index in [4.69, 9.17) is 9.52 Å². The summed E-state index contributed by atoms with van der Waals surface area (Å²) in [6.45, 7) is 1.35. The minimum Gasteiger partial charge on any atom is -0.480 e. The number of carboxylic acids is 1. The summed E-state index contributed by atoms with van der Waals surface area (Å²) in [7, 11) is 0.204. The molecule has 0 fully saturated rings. The van der Waals surface area contributed by atoms with E-state index in [2.05, 4.69) is 0 Å². The second kappa shape index (κ2) is 5.63. The summed E-state index contributed by atoms with van der Waals surface area (Å²) >= 11 is 0. The molecule has 0 spiro atoms. The van der Waals surface area contributed by atoms with E-state index in [1.165, 1.54) is 28.1 Å². The minimum atomic E-state index is -3.77. The molecule has 1 N–H and O–H groups in total. The second-order valence-electron chi connectivity index (χ2n) is 4.37. The Kier molecular flexibility index (Phi) is 4.56. The van der Waals surface area contributed by atoms with Gasteiger partial charge < -0.3 is 14.4 Å². The first kappa shape index (κ1) is 16.2. The summed E-state index contributed by atoms with van der Waals surface area (Å²) in [5.74, 6) is -1.80. The van der Waals surface area contributed by atoms with Crippen molar-refractivity contribution in [3.63, 3.8) is 0 Å². The third-order valence-electron chi connectivity index (χ3n) is 2.82. The molecule has 1 unspecified atom stereocenters. The Labute approximate surface area is 116 Å². The van der Waals surface area contributed by atoms with Crippen molar-refractivity contribution in [1.82, 2.24) is 9.21 Å². The summed E-state index contributed by atoms with van der Waals surface area (Å²) in [5.41, 5.74) is -0.0268. The Balaban J connectivity index is 3.04. The van der Waals surface area contributed by atoms with Gasteiger partial charge in [0.15, 0.2) is 0 Å². The van der Waals surface area contributed by atoms with Crippen LogP contribution in [0.25, 0.3) is 0 Å². The molecule has 9 heteroatoms. The van der Waals surface area contributed by atoms with Gasteiger partial charge in [-0.2, -0.15) is 0 Å². The van der Waals surface area contributed by atoms with Crippen LogP contribution in [0.15, 0.2) is 21.8 Å². The van der Waals surface area contributed by atoms with E-state index in [-0.39, 0.29) is 10.7 Å². The molecule has 0 aliphatic rings. The molecule has 0 aromatic carbocycles. The molecule has 1 heterocycles. The summed E-state index contributed by atoms with van der Waals surface area (Å²) in [6, 6.07) is 0.0363. The summed E-state index contributed by atoms with van der Waals surface area (Å²) in [6.07, 6.45) is 0.990. The van der Waals surface area contributed by atoms with E-state index in [9.17, 15) is 18.0 Å². The van der Waals surface area contributed by atoms with Crippen molar-refractivity contribution in [2.75, 3.05) is 21.1 Å². The molecule has 8 nitrogen and oxygen atoms in total. The number of hydrogen-bond donors (Lipinski definition) is 1. The number of furan rings is 1. The van der Waals surface area contributed by atoms with Gasteiger partial charge in [0.2, 0.25) is 5.09 Å². The fraction of sp³-hybridized carbons (Fsp3) is 0.455. The zero-order chi connectivity index (χ0) is 15.7. The number of amides is 1. The number of hydrogen-bond acceptors (Lipinski definition) is 5. The fourth-order valence-electron chi connectivity index (χ4n) is 1.29. The minimum absolute atomic E-state index is 0.0268. The summed E-state index contributed by atoms with van der Waals surface area (Å²) in [4.78, 5) is 23.8. The molecule has 1 atom stereocenters. The zero-order valence-corrected chi connectivity index (χ0v) is 12.3. The van der Waals surface area contributed by atoms with Gasteiger partial charge in [-0.1, -0.05) is 0 Å². The van der Waals surface area contributed by atoms with Crippen molar-refractivity contribution in [2.24, 2.45) is 0 Å². The Morgan fingerprint density at radius 3 is 2.30 bits per heavy atom. The van der Waals surface area contributed by atoms with Gasteiger partial charge >= 0.3 is 5.97 Å². The van der Waals surface area contributed by atoms with Crippen LogP contribution in [0.2, 0.25) is 0 Å². The lowest BCUT2D eigenvalue weighted by molar-refractivity contribution is -0.141. The van der Waals surface area contributed by atoms with Crippen LogP contribution in [0.4, 0.5) is 0 Å². The summed E-state index contributed by atoms with van der Waals surface area (Å²) in [5, 5.41) is 8.46. The molecule has 1 aromatic heterocycles. The van der Waals surface area contributed by atoms with E-state index >= 15 is 0 Å². The van der Waals surface area contributed by atoms with Gasteiger partial charge in [0, 0.05) is 27.2 Å². The van der Waals surface area contributed by atoms with Crippen molar-refractivity contribution in [3.05, 3.63) is 17.9 Å². The number of likely N-dealkylation sites (N-methyl/N-ethyl adjacent to an activating group) is 1. The third kappa shape index (κ3) is 2.99. The van der Waals surface area contributed by atoms with Crippen molar-refractivity contribution < 1.29 is 27.5 Å². The smallest absolute Gasteiger partial charge is 0.326 e. The lowest BCUT2D eigenvalue weighted by Gasteiger charge is -2.20.